The van der Waals surface area contributed by atoms with E-state index in [4.69, 9.17) is 26.7 Å². The van der Waals surface area contributed by atoms with Crippen molar-refractivity contribution in [1.82, 2.24) is 25.4 Å². The summed E-state index contributed by atoms with van der Waals surface area (Å²) < 4.78 is 93.0. The topological polar surface area (TPSA) is 154 Å². The van der Waals surface area contributed by atoms with Gasteiger partial charge in [-0.2, -0.15) is 13.9 Å². The Morgan fingerprint density at radius 3 is 2.46 bits per heavy atom. The normalized spacial score (nSPS) is 17.6. The number of alkyl halides is 4. The van der Waals surface area contributed by atoms with Gasteiger partial charge in [-0.1, -0.05) is 23.6 Å². The number of halogens is 7. The molecule has 2 amide bonds. The van der Waals surface area contributed by atoms with Gasteiger partial charge in [-0.3, -0.25) is 19.7 Å². The van der Waals surface area contributed by atoms with Gasteiger partial charge in [0.1, 0.15) is 35.2 Å². The van der Waals surface area contributed by atoms with Gasteiger partial charge in [-0.25, -0.2) is 22.5 Å². The van der Waals surface area contributed by atoms with Crippen LogP contribution in [0.2, 0.25) is 5.02 Å². The average molecular weight is 816 g/mol. The van der Waals surface area contributed by atoms with Gasteiger partial charge in [0.15, 0.2) is 5.82 Å². The molecule has 1 saturated carbocycles. The molecule has 3 atom stereocenters. The first-order valence-electron chi connectivity index (χ1n) is 17.5. The summed E-state index contributed by atoms with van der Waals surface area (Å²) >= 11 is 6.64. The number of hydrogen-bond acceptors (Lipinski definition) is 8. The lowest BCUT2D eigenvalue weighted by molar-refractivity contribution is -0.121. The lowest BCUT2D eigenvalue weighted by Crippen LogP contribution is -2.41. The number of pyridine rings is 1. The molecule has 0 spiro atoms. The molecule has 11 nitrogen and oxygen atoms in total. The minimum Gasteiger partial charge on any atom is -0.378 e. The van der Waals surface area contributed by atoms with Crippen molar-refractivity contribution in [3.63, 3.8) is 0 Å². The van der Waals surface area contributed by atoms with Crippen LogP contribution in [-0.2, 0) is 27.8 Å². The van der Waals surface area contributed by atoms with Gasteiger partial charge in [0.2, 0.25) is 5.91 Å². The van der Waals surface area contributed by atoms with E-state index in [0.29, 0.717) is 28.1 Å². The quantitative estimate of drug-likeness (QED) is 0.0623. The number of carbonyl (C=O) groups excluding carboxylic acids is 2. The predicted molar refractivity (Wildman–Crippen MR) is 199 cm³/mol. The summed E-state index contributed by atoms with van der Waals surface area (Å²) in [6, 6.07) is 7.73. The number of nitrogens with zero attached hydrogens (tertiary/aromatic N) is 3. The molecule has 57 heavy (non-hydrogen) atoms. The fourth-order valence-corrected chi connectivity index (χ4v) is 7.20. The van der Waals surface area contributed by atoms with E-state index >= 15 is 8.78 Å². The Kier molecular flexibility index (Phi) is 11.4. The number of carbonyl (C=O) groups is 2. The van der Waals surface area contributed by atoms with Crippen LogP contribution in [0.1, 0.15) is 43.3 Å². The van der Waals surface area contributed by atoms with Gasteiger partial charge in [0.25, 0.3) is 18.3 Å². The number of nitrogens with one attached hydrogen (secondary N) is 4. The van der Waals surface area contributed by atoms with Gasteiger partial charge in [-0.05, 0) is 74.4 Å². The molecule has 0 saturated heterocycles. The number of rotatable bonds is 13. The summed E-state index contributed by atoms with van der Waals surface area (Å²) in [6.07, 6.45) is -3.70. The highest BCUT2D eigenvalue weighted by Crippen LogP contribution is 2.62. The third-order valence-electron chi connectivity index (χ3n) is 9.37. The second kappa shape index (κ2) is 15.8. The van der Waals surface area contributed by atoms with Gasteiger partial charge < -0.3 is 25.8 Å². The monoisotopic (exact) mass is 815 g/mol. The summed E-state index contributed by atoms with van der Waals surface area (Å²) in [7, 11) is 2.93. The maximum Gasteiger partial charge on any atom is 0.290 e. The summed E-state index contributed by atoms with van der Waals surface area (Å²) in [5.74, 6) is -3.58. The van der Waals surface area contributed by atoms with E-state index in [1.165, 1.54) is 37.8 Å². The lowest BCUT2D eigenvalue weighted by atomic mass is 9.93. The van der Waals surface area contributed by atoms with Crippen LogP contribution in [0.3, 0.4) is 0 Å². The standard InChI is InChI=1S/C39H36ClF6N7O4/c1-38(2,56)10-9-21-5-6-22(23-7-8-26(40)31-34(23)53(3)52-37(31)51-29(55)17-57-4)33(49-21)27(13-18-11-19(41)14-20(42)12-18)50-28(54)16-48-35-30(32(47)36(43)44)24-15-25(24)39(35,45)46/h5-8,11-12,14,24-25,27,36,47-48,56H,13,15-17H2,1-4H3,(H,50,54)(H,51,52,55)/t24-,25+,27-/m0/s1. The Hall–Kier alpha value is -5.44. The van der Waals surface area contributed by atoms with E-state index in [1.807, 2.05) is 0 Å². The smallest absolute Gasteiger partial charge is 0.290 e. The summed E-state index contributed by atoms with van der Waals surface area (Å²) in [4.78, 5) is 30.9. The zero-order chi connectivity index (χ0) is 41.6. The van der Waals surface area contributed by atoms with Crippen molar-refractivity contribution in [3.05, 3.63) is 87.3 Å². The molecule has 1 fully saturated rings. The molecule has 2 heterocycles. The van der Waals surface area contributed by atoms with Crippen molar-refractivity contribution in [2.24, 2.45) is 18.9 Å². The maximum atomic E-state index is 15.2. The molecule has 6 rings (SSSR count). The highest BCUT2D eigenvalue weighted by Gasteiger charge is 2.66. The Balaban J connectivity index is 1.47. The van der Waals surface area contributed by atoms with Crippen molar-refractivity contribution >= 4 is 45.8 Å². The predicted octanol–water partition coefficient (Wildman–Crippen LogP) is 6.09. The summed E-state index contributed by atoms with van der Waals surface area (Å²) in [5, 5.41) is 30.7. The minimum atomic E-state index is -3.59. The van der Waals surface area contributed by atoms with Crippen molar-refractivity contribution < 1.29 is 45.8 Å². The van der Waals surface area contributed by atoms with Crippen molar-refractivity contribution in [2.45, 2.75) is 50.7 Å². The van der Waals surface area contributed by atoms with E-state index < -0.39 is 82.8 Å². The van der Waals surface area contributed by atoms with Crippen molar-refractivity contribution in [3.8, 4) is 23.0 Å². The van der Waals surface area contributed by atoms with E-state index in [1.54, 1.807) is 19.2 Å². The summed E-state index contributed by atoms with van der Waals surface area (Å²) in [6.45, 7) is 1.75. The van der Waals surface area contributed by atoms with Crippen LogP contribution < -0.4 is 16.0 Å². The van der Waals surface area contributed by atoms with Gasteiger partial charge >= 0.3 is 0 Å². The Labute approximate surface area is 327 Å². The second-order valence-corrected chi connectivity index (χ2v) is 14.6. The first-order valence-corrected chi connectivity index (χ1v) is 17.8. The van der Waals surface area contributed by atoms with E-state index in [0.717, 1.165) is 12.1 Å². The van der Waals surface area contributed by atoms with E-state index in [-0.39, 0.29) is 47.2 Å². The molecule has 5 N–H and O–H groups in total. The fourth-order valence-electron chi connectivity index (χ4n) is 6.96. The van der Waals surface area contributed by atoms with Crippen LogP contribution >= 0.6 is 11.6 Å². The number of allylic oxidation sites excluding steroid dienone is 2. The third kappa shape index (κ3) is 8.78. The van der Waals surface area contributed by atoms with Gasteiger partial charge in [0.05, 0.1) is 39.9 Å². The second-order valence-electron chi connectivity index (χ2n) is 14.2. The van der Waals surface area contributed by atoms with E-state index in [2.05, 4.69) is 32.9 Å². The van der Waals surface area contributed by atoms with Crippen molar-refractivity contribution in [1.29, 1.82) is 5.41 Å². The highest BCUT2D eigenvalue weighted by molar-refractivity contribution is 6.37. The van der Waals surface area contributed by atoms with Crippen LogP contribution in [0.15, 0.2) is 53.7 Å². The molecular weight excluding hydrogens is 780 g/mol. The zero-order valence-electron chi connectivity index (χ0n) is 30.8. The van der Waals surface area contributed by atoms with Crippen LogP contribution in [0.5, 0.6) is 0 Å². The molecule has 18 heteroatoms. The number of benzene rings is 2. The van der Waals surface area contributed by atoms with Gasteiger partial charge in [-0.15, -0.1) is 0 Å². The third-order valence-corrected chi connectivity index (χ3v) is 9.69. The number of anilines is 1. The lowest BCUT2D eigenvalue weighted by Gasteiger charge is -2.24. The largest absolute Gasteiger partial charge is 0.378 e. The number of hydrogen-bond donors (Lipinski definition) is 5. The Morgan fingerprint density at radius 2 is 1.81 bits per heavy atom. The van der Waals surface area contributed by atoms with Crippen LogP contribution in [0.25, 0.3) is 22.0 Å². The molecule has 4 aromatic rings. The minimum absolute atomic E-state index is 0.0641. The zero-order valence-corrected chi connectivity index (χ0v) is 31.6. The Bertz CT molecular complexity index is 2360. The van der Waals surface area contributed by atoms with Crippen molar-refractivity contribution in [2.75, 3.05) is 25.6 Å². The van der Waals surface area contributed by atoms with Crippen LogP contribution in [0.4, 0.5) is 32.2 Å². The van der Waals surface area contributed by atoms with Gasteiger partial charge in [0, 0.05) is 42.8 Å². The molecule has 0 bridgehead atoms. The first-order chi connectivity index (χ1) is 26.8. The fraction of sp³-hybridized carbons (Fsp3) is 0.359. The number of amides is 2. The molecule has 300 valence electrons. The number of ether oxygens (including phenoxy) is 1. The SMILES string of the molecule is COCC(=O)Nc1nn(C)c2c(-c3ccc(C#CC(C)(C)O)nc3[C@H](Cc3cc(F)cc(F)c3)NC(=O)CNC3=C(C(=N)C(F)F)[C@H]4C[C@H]4C3(F)F)ccc(Cl)c12. The number of methoxy groups -OCH3 is 1. The maximum absolute atomic E-state index is 15.2. The molecule has 2 aromatic heterocycles. The molecule has 0 unspecified atom stereocenters. The first kappa shape index (κ1) is 41.2. The molecule has 2 aromatic carbocycles. The number of aliphatic hydroxyl groups is 1. The number of aryl methyl sites for hydroxylation is 1. The van der Waals surface area contributed by atoms with Crippen LogP contribution in [-0.4, -0.2) is 75.6 Å². The molecule has 0 radical (unpaired) electrons. The Morgan fingerprint density at radius 1 is 1.12 bits per heavy atom. The van der Waals surface area contributed by atoms with Crippen LogP contribution in [0, 0.1) is 40.7 Å². The van der Waals surface area contributed by atoms with E-state index in [9.17, 15) is 32.3 Å². The highest BCUT2D eigenvalue weighted by atomic mass is 35.5. The molecule has 0 aliphatic heterocycles. The molecule has 2 aliphatic rings. The summed E-state index contributed by atoms with van der Waals surface area (Å²) in [5.41, 5.74) is -2.80. The molecule has 2 aliphatic carbocycles. The average Bonchev–Trinajstić information content (AvgIpc) is 3.80. The molecular formula is C39H36ClF6N7O4. The number of fused-ring (bicyclic) bond motifs is 2. The number of aromatic nitrogens is 3.